The molecule has 4 heteroatoms. The third-order valence-corrected chi connectivity index (χ3v) is 1.77. The lowest BCUT2D eigenvalue weighted by atomic mass is 10.2. The molecule has 0 saturated heterocycles. The highest BCUT2D eigenvalue weighted by Gasteiger charge is 1.98. The molecule has 0 aromatic rings. The molecule has 0 unspecified atom stereocenters. The van der Waals surface area contributed by atoms with Gasteiger partial charge in [0.1, 0.15) is 0 Å². The molecule has 0 aromatic heterocycles. The maximum Gasteiger partial charge on any atom is 0.220 e. The van der Waals surface area contributed by atoms with Crippen LogP contribution in [0, 0.1) is 0 Å². The summed E-state index contributed by atoms with van der Waals surface area (Å²) in [6.07, 6.45) is 4.61. The fourth-order valence-electron chi connectivity index (χ4n) is 1.01. The Hall–Kier alpha value is -0.610. The van der Waals surface area contributed by atoms with Crippen molar-refractivity contribution in [2.45, 2.75) is 52.9 Å². The molecule has 0 aromatic carbocycles. The van der Waals surface area contributed by atoms with E-state index >= 15 is 0 Å². The van der Waals surface area contributed by atoms with Crippen LogP contribution in [0.1, 0.15) is 52.9 Å². The fourth-order valence-corrected chi connectivity index (χ4v) is 1.01. The number of carbonyl (C=O) groups excluding carboxylic acids is 1. The monoisotopic (exact) mass is 218 g/mol. The molecule has 0 aliphatic heterocycles. The fraction of sp³-hybridized carbons (Fsp3) is 0.909. The first-order chi connectivity index (χ1) is 7.31. The van der Waals surface area contributed by atoms with Crippen LogP contribution in [0.15, 0.2) is 0 Å². The largest absolute Gasteiger partial charge is 0.356 e. The minimum absolute atomic E-state index is 0.0909. The van der Waals surface area contributed by atoms with E-state index in [4.69, 9.17) is 5.90 Å². The van der Waals surface area contributed by atoms with Crippen molar-refractivity contribution in [2.24, 2.45) is 5.90 Å². The second-order valence-electron chi connectivity index (χ2n) is 3.03. The second kappa shape index (κ2) is 15.8. The number of nitrogens with one attached hydrogen (secondary N) is 1. The van der Waals surface area contributed by atoms with E-state index in [-0.39, 0.29) is 5.91 Å². The van der Waals surface area contributed by atoms with Gasteiger partial charge in [0.25, 0.3) is 0 Å². The summed E-state index contributed by atoms with van der Waals surface area (Å²) in [5.74, 6) is 4.91. The van der Waals surface area contributed by atoms with Gasteiger partial charge in [-0.25, -0.2) is 5.90 Å². The Morgan fingerprint density at radius 3 is 2.47 bits per heavy atom. The molecule has 0 bridgehead atoms. The van der Waals surface area contributed by atoms with Crippen molar-refractivity contribution in [3.63, 3.8) is 0 Å². The summed E-state index contributed by atoms with van der Waals surface area (Å²) < 4.78 is 0. The smallest absolute Gasteiger partial charge is 0.220 e. The Morgan fingerprint density at radius 2 is 1.93 bits per heavy atom. The van der Waals surface area contributed by atoms with Crippen LogP contribution in [0.2, 0.25) is 0 Å². The Kier molecular flexibility index (Phi) is 17.8. The van der Waals surface area contributed by atoms with Crippen LogP contribution >= 0.6 is 0 Å². The molecule has 4 nitrogen and oxygen atoms in total. The van der Waals surface area contributed by atoms with E-state index in [0.29, 0.717) is 19.4 Å². The molecule has 0 aliphatic carbocycles. The normalized spacial score (nSPS) is 9.07. The van der Waals surface area contributed by atoms with E-state index < -0.39 is 0 Å². The van der Waals surface area contributed by atoms with Gasteiger partial charge in [0.2, 0.25) is 5.91 Å². The number of hydrogen-bond donors (Lipinski definition) is 2. The van der Waals surface area contributed by atoms with Crippen LogP contribution in [0.4, 0.5) is 0 Å². The first-order valence-electron chi connectivity index (χ1n) is 5.89. The van der Waals surface area contributed by atoms with E-state index in [0.717, 1.165) is 13.0 Å². The van der Waals surface area contributed by atoms with Gasteiger partial charge in [-0.3, -0.25) is 4.79 Å². The molecule has 0 fully saturated rings. The van der Waals surface area contributed by atoms with Gasteiger partial charge in [0.15, 0.2) is 0 Å². The number of nitrogens with two attached hydrogens (primary N) is 1. The van der Waals surface area contributed by atoms with Gasteiger partial charge in [-0.2, -0.15) is 0 Å². The average molecular weight is 218 g/mol. The lowest BCUT2D eigenvalue weighted by Crippen LogP contribution is -2.24. The van der Waals surface area contributed by atoms with Gasteiger partial charge in [-0.1, -0.05) is 33.6 Å². The summed E-state index contributed by atoms with van der Waals surface area (Å²) in [6, 6.07) is 0. The molecule has 15 heavy (non-hydrogen) atoms. The molecule has 1 amide bonds. The number of rotatable bonds is 8. The molecule has 3 N–H and O–H groups in total. The molecular formula is C11H26N2O2. The minimum Gasteiger partial charge on any atom is -0.356 e. The minimum atomic E-state index is 0.0909. The molecule has 0 heterocycles. The predicted octanol–water partition coefficient (Wildman–Crippen LogP) is 1.99. The van der Waals surface area contributed by atoms with Gasteiger partial charge in [0, 0.05) is 13.0 Å². The summed E-state index contributed by atoms with van der Waals surface area (Å²) in [4.78, 5) is 15.4. The third kappa shape index (κ3) is 16.1. The Labute approximate surface area is 93.5 Å². The van der Waals surface area contributed by atoms with Crippen molar-refractivity contribution in [1.29, 1.82) is 0 Å². The average Bonchev–Trinajstić information content (AvgIpc) is 2.28. The molecule has 0 aliphatic rings. The van der Waals surface area contributed by atoms with Crippen LogP contribution < -0.4 is 11.2 Å². The summed E-state index contributed by atoms with van der Waals surface area (Å²) in [5.41, 5.74) is 0. The Balaban J connectivity index is 0. The zero-order chi connectivity index (χ0) is 11.9. The lowest BCUT2D eigenvalue weighted by molar-refractivity contribution is -0.121. The van der Waals surface area contributed by atoms with Crippen molar-refractivity contribution < 1.29 is 9.63 Å². The van der Waals surface area contributed by atoms with Gasteiger partial charge in [-0.15, -0.1) is 0 Å². The lowest BCUT2D eigenvalue weighted by Gasteiger charge is -2.03. The molecule has 92 valence electrons. The Bertz CT molecular complexity index is 130. The van der Waals surface area contributed by atoms with E-state index in [2.05, 4.69) is 17.1 Å². The number of carbonyl (C=O) groups is 1. The highest BCUT2D eigenvalue weighted by atomic mass is 16.6. The standard InChI is InChI=1S/C9H20N2O2.C2H6/c1-2-3-4-7-11-9(12)6-5-8-13-10;1-2/h2-8,10H2,1H3,(H,11,12);1-2H3. The number of hydrogen-bond acceptors (Lipinski definition) is 3. The van der Waals surface area contributed by atoms with Gasteiger partial charge < -0.3 is 10.2 Å². The molecule has 0 spiro atoms. The van der Waals surface area contributed by atoms with Crippen molar-refractivity contribution in [2.75, 3.05) is 13.2 Å². The first kappa shape index (κ1) is 16.8. The highest BCUT2D eigenvalue weighted by Crippen LogP contribution is 1.92. The topological polar surface area (TPSA) is 64.3 Å². The summed E-state index contributed by atoms with van der Waals surface area (Å²) >= 11 is 0. The zero-order valence-electron chi connectivity index (χ0n) is 10.3. The van der Waals surface area contributed by atoms with Crippen LogP contribution in [0.25, 0.3) is 0 Å². The third-order valence-electron chi connectivity index (χ3n) is 1.77. The van der Waals surface area contributed by atoms with E-state index in [1.807, 2.05) is 13.8 Å². The maximum atomic E-state index is 11.1. The summed E-state index contributed by atoms with van der Waals surface area (Å²) in [5, 5.41) is 2.84. The van der Waals surface area contributed by atoms with Crippen LogP contribution in [0.3, 0.4) is 0 Å². The predicted molar refractivity (Wildman–Crippen MR) is 63.3 cm³/mol. The number of amides is 1. The first-order valence-corrected chi connectivity index (χ1v) is 5.89. The molecule has 0 saturated carbocycles. The van der Waals surface area contributed by atoms with Crippen molar-refractivity contribution >= 4 is 5.91 Å². The molecule has 0 rings (SSSR count). The maximum absolute atomic E-state index is 11.1. The summed E-state index contributed by atoms with van der Waals surface area (Å²) in [6.45, 7) is 7.37. The van der Waals surface area contributed by atoms with Gasteiger partial charge >= 0.3 is 0 Å². The van der Waals surface area contributed by atoms with Crippen LogP contribution in [-0.2, 0) is 9.63 Å². The zero-order valence-corrected chi connectivity index (χ0v) is 10.3. The van der Waals surface area contributed by atoms with E-state index in [9.17, 15) is 4.79 Å². The van der Waals surface area contributed by atoms with E-state index in [1.165, 1.54) is 12.8 Å². The van der Waals surface area contributed by atoms with Crippen molar-refractivity contribution in [3.05, 3.63) is 0 Å². The molecular weight excluding hydrogens is 192 g/mol. The van der Waals surface area contributed by atoms with E-state index in [1.54, 1.807) is 0 Å². The second-order valence-corrected chi connectivity index (χ2v) is 3.03. The summed E-state index contributed by atoms with van der Waals surface area (Å²) in [7, 11) is 0. The Morgan fingerprint density at radius 1 is 1.27 bits per heavy atom. The quantitative estimate of drug-likeness (QED) is 0.484. The van der Waals surface area contributed by atoms with Crippen LogP contribution in [0.5, 0.6) is 0 Å². The van der Waals surface area contributed by atoms with Gasteiger partial charge in [-0.05, 0) is 12.8 Å². The van der Waals surface area contributed by atoms with Gasteiger partial charge in [0.05, 0.1) is 6.61 Å². The van der Waals surface area contributed by atoms with Crippen molar-refractivity contribution in [1.82, 2.24) is 5.32 Å². The van der Waals surface area contributed by atoms with Crippen LogP contribution in [-0.4, -0.2) is 19.1 Å². The molecule has 0 atom stereocenters. The van der Waals surface area contributed by atoms with Crippen molar-refractivity contribution in [3.8, 4) is 0 Å². The molecule has 0 radical (unpaired) electrons. The number of unbranched alkanes of at least 4 members (excludes halogenated alkanes) is 2. The SMILES string of the molecule is CC.CCCCCNC(=O)CCCON. The highest BCUT2D eigenvalue weighted by molar-refractivity contribution is 5.75.